The van der Waals surface area contributed by atoms with Crippen molar-refractivity contribution in [3.05, 3.63) is 29.6 Å². The zero-order valence-electron chi connectivity index (χ0n) is 12.3. The van der Waals surface area contributed by atoms with Crippen LogP contribution in [-0.4, -0.2) is 23.5 Å². The summed E-state index contributed by atoms with van der Waals surface area (Å²) < 4.78 is 19.1. The maximum Gasteiger partial charge on any atom is 0.260 e. The number of benzene rings is 1. The molecule has 1 aromatic rings. The summed E-state index contributed by atoms with van der Waals surface area (Å²) in [6.07, 6.45) is 2.41. The Morgan fingerprint density at radius 1 is 1.48 bits per heavy atom. The van der Waals surface area contributed by atoms with E-state index in [1.54, 1.807) is 13.0 Å². The number of carbonyl (C=O) groups excluding carboxylic acids is 1. The quantitative estimate of drug-likeness (QED) is 0.572. The predicted molar refractivity (Wildman–Crippen MR) is 84.9 cm³/mol. The summed E-state index contributed by atoms with van der Waals surface area (Å²) in [6.45, 7) is 4.34. The van der Waals surface area contributed by atoms with E-state index in [1.165, 1.54) is 12.1 Å². The van der Waals surface area contributed by atoms with Gasteiger partial charge in [-0.05, 0) is 25.5 Å². The number of nitrogens with one attached hydrogen (secondary N) is 1. The fourth-order valence-electron chi connectivity index (χ4n) is 1.76. The van der Waals surface area contributed by atoms with E-state index in [2.05, 4.69) is 12.2 Å². The number of thiocarbonyl (C=S) groups is 1. The molecule has 0 fully saturated rings. The number of rotatable bonds is 8. The van der Waals surface area contributed by atoms with Crippen LogP contribution < -0.4 is 15.8 Å². The van der Waals surface area contributed by atoms with Crippen LogP contribution in [0.25, 0.3) is 0 Å². The molecule has 3 N–H and O–H groups in total. The Morgan fingerprint density at radius 2 is 2.19 bits per heavy atom. The lowest BCUT2D eigenvalue weighted by molar-refractivity contribution is -0.127. The third kappa shape index (κ3) is 5.67. The van der Waals surface area contributed by atoms with Crippen molar-refractivity contribution in [3.8, 4) is 5.75 Å². The van der Waals surface area contributed by atoms with E-state index < -0.39 is 11.9 Å². The van der Waals surface area contributed by atoms with Gasteiger partial charge < -0.3 is 15.8 Å². The Hall–Kier alpha value is -1.69. The van der Waals surface area contributed by atoms with Crippen LogP contribution in [0.4, 0.5) is 4.39 Å². The van der Waals surface area contributed by atoms with Gasteiger partial charge in [-0.2, -0.15) is 0 Å². The molecule has 0 aromatic heterocycles. The van der Waals surface area contributed by atoms with Gasteiger partial charge in [-0.15, -0.1) is 0 Å². The van der Waals surface area contributed by atoms with E-state index in [0.717, 1.165) is 19.3 Å². The number of carbonyl (C=O) groups is 1. The van der Waals surface area contributed by atoms with Gasteiger partial charge in [0.05, 0.1) is 0 Å². The Bertz CT molecular complexity index is 508. The van der Waals surface area contributed by atoms with Gasteiger partial charge in [0, 0.05) is 18.2 Å². The lowest BCUT2D eigenvalue weighted by Gasteiger charge is -2.15. The monoisotopic (exact) mass is 312 g/mol. The zero-order valence-corrected chi connectivity index (χ0v) is 13.1. The average Bonchev–Trinajstić information content (AvgIpc) is 2.43. The SMILES string of the molecule is CCCCCNC(=O)C(C)Oc1ccc(C(N)=S)c(F)c1. The van der Waals surface area contributed by atoms with E-state index in [4.69, 9.17) is 22.7 Å². The highest BCUT2D eigenvalue weighted by molar-refractivity contribution is 7.80. The number of hydrogen-bond donors (Lipinski definition) is 2. The number of amides is 1. The van der Waals surface area contributed by atoms with Gasteiger partial charge in [-0.25, -0.2) is 4.39 Å². The minimum Gasteiger partial charge on any atom is -0.481 e. The van der Waals surface area contributed by atoms with E-state index in [-0.39, 0.29) is 22.2 Å². The number of ether oxygens (including phenoxy) is 1. The first-order valence-electron chi connectivity index (χ1n) is 6.99. The predicted octanol–water partition coefficient (Wildman–Crippen LogP) is 2.53. The second-order valence-electron chi connectivity index (χ2n) is 4.76. The molecule has 0 heterocycles. The molecule has 0 bridgehead atoms. The molecule has 0 aliphatic rings. The topological polar surface area (TPSA) is 64.3 Å². The smallest absolute Gasteiger partial charge is 0.260 e. The first-order valence-corrected chi connectivity index (χ1v) is 7.40. The van der Waals surface area contributed by atoms with Gasteiger partial charge in [-0.1, -0.05) is 32.0 Å². The molecular weight excluding hydrogens is 291 g/mol. The van der Waals surface area contributed by atoms with E-state index in [9.17, 15) is 9.18 Å². The second-order valence-corrected chi connectivity index (χ2v) is 5.20. The Balaban J connectivity index is 2.54. The molecule has 0 spiro atoms. The lowest BCUT2D eigenvalue weighted by atomic mass is 10.2. The summed E-state index contributed by atoms with van der Waals surface area (Å²) >= 11 is 4.72. The molecule has 1 aromatic carbocycles. The van der Waals surface area contributed by atoms with Gasteiger partial charge in [-0.3, -0.25) is 4.79 Å². The maximum absolute atomic E-state index is 13.7. The summed E-state index contributed by atoms with van der Waals surface area (Å²) in [5.74, 6) is -0.510. The van der Waals surface area contributed by atoms with Crippen LogP contribution in [-0.2, 0) is 4.79 Å². The van der Waals surface area contributed by atoms with Crippen molar-refractivity contribution in [3.63, 3.8) is 0 Å². The van der Waals surface area contributed by atoms with Gasteiger partial charge in [0.1, 0.15) is 16.6 Å². The van der Waals surface area contributed by atoms with Gasteiger partial charge >= 0.3 is 0 Å². The van der Waals surface area contributed by atoms with Crippen molar-refractivity contribution >= 4 is 23.1 Å². The maximum atomic E-state index is 13.7. The van der Waals surface area contributed by atoms with Crippen LogP contribution in [0.3, 0.4) is 0 Å². The highest BCUT2D eigenvalue weighted by Gasteiger charge is 2.15. The summed E-state index contributed by atoms with van der Waals surface area (Å²) in [5.41, 5.74) is 5.54. The highest BCUT2D eigenvalue weighted by atomic mass is 32.1. The van der Waals surface area contributed by atoms with Crippen molar-refractivity contribution < 1.29 is 13.9 Å². The molecule has 0 aliphatic carbocycles. The minimum atomic E-state index is -0.693. The first-order chi connectivity index (χ1) is 9.95. The number of nitrogens with two attached hydrogens (primary N) is 1. The van der Waals surface area contributed by atoms with Crippen molar-refractivity contribution in [2.75, 3.05) is 6.54 Å². The Kier molecular flexibility index (Phi) is 7.08. The molecule has 6 heteroatoms. The highest BCUT2D eigenvalue weighted by Crippen LogP contribution is 2.18. The van der Waals surface area contributed by atoms with Crippen LogP contribution in [0.1, 0.15) is 38.7 Å². The lowest BCUT2D eigenvalue weighted by Crippen LogP contribution is -2.36. The zero-order chi connectivity index (χ0) is 15.8. The van der Waals surface area contributed by atoms with E-state index >= 15 is 0 Å². The number of halogens is 1. The molecule has 0 saturated carbocycles. The standard InChI is InChI=1S/C15H21FN2O2S/c1-3-4-5-8-18-15(19)10(2)20-11-6-7-12(14(17)21)13(16)9-11/h6-7,9-10H,3-5,8H2,1-2H3,(H2,17,21)(H,18,19). The molecule has 0 saturated heterocycles. The molecule has 1 rings (SSSR count). The van der Waals surface area contributed by atoms with Crippen molar-refractivity contribution in [2.45, 2.75) is 39.2 Å². The molecule has 1 amide bonds. The van der Waals surface area contributed by atoms with Gasteiger partial charge in [0.15, 0.2) is 6.10 Å². The first kappa shape index (κ1) is 17.4. The summed E-state index contributed by atoms with van der Waals surface area (Å²) in [6, 6.07) is 4.16. The van der Waals surface area contributed by atoms with Gasteiger partial charge in [0.25, 0.3) is 5.91 Å². The summed E-state index contributed by atoms with van der Waals surface area (Å²) in [4.78, 5) is 11.8. The van der Waals surface area contributed by atoms with Crippen molar-refractivity contribution in [1.82, 2.24) is 5.32 Å². The minimum absolute atomic E-state index is 0.0132. The molecule has 0 aliphatic heterocycles. The largest absolute Gasteiger partial charge is 0.481 e. The Morgan fingerprint density at radius 3 is 2.76 bits per heavy atom. The second kappa shape index (κ2) is 8.56. The third-order valence-electron chi connectivity index (χ3n) is 2.97. The van der Waals surface area contributed by atoms with Crippen LogP contribution >= 0.6 is 12.2 Å². The molecular formula is C15H21FN2O2S. The van der Waals surface area contributed by atoms with Crippen molar-refractivity contribution in [2.24, 2.45) is 5.73 Å². The van der Waals surface area contributed by atoms with E-state index in [1.807, 2.05) is 0 Å². The molecule has 21 heavy (non-hydrogen) atoms. The van der Waals surface area contributed by atoms with Crippen LogP contribution in [0.5, 0.6) is 5.75 Å². The van der Waals surface area contributed by atoms with Crippen LogP contribution in [0.15, 0.2) is 18.2 Å². The normalized spacial score (nSPS) is 11.8. The third-order valence-corrected chi connectivity index (χ3v) is 3.19. The molecule has 1 unspecified atom stereocenters. The Labute approximate surface area is 129 Å². The summed E-state index contributed by atoms with van der Waals surface area (Å²) in [7, 11) is 0. The van der Waals surface area contributed by atoms with Crippen molar-refractivity contribution in [1.29, 1.82) is 0 Å². The summed E-state index contributed by atoms with van der Waals surface area (Å²) in [5, 5.41) is 2.78. The van der Waals surface area contributed by atoms with E-state index in [0.29, 0.717) is 6.54 Å². The number of unbranched alkanes of at least 4 members (excludes halogenated alkanes) is 2. The average molecular weight is 312 g/mol. The van der Waals surface area contributed by atoms with Gasteiger partial charge in [0.2, 0.25) is 0 Å². The van der Waals surface area contributed by atoms with Crippen LogP contribution in [0.2, 0.25) is 0 Å². The molecule has 0 radical (unpaired) electrons. The number of hydrogen-bond acceptors (Lipinski definition) is 3. The molecule has 1 atom stereocenters. The molecule has 116 valence electrons. The fourth-order valence-corrected chi connectivity index (χ4v) is 1.92. The van der Waals surface area contributed by atoms with Crippen LogP contribution in [0, 0.1) is 5.82 Å². The molecule has 4 nitrogen and oxygen atoms in total. The fraction of sp³-hybridized carbons (Fsp3) is 0.467.